The van der Waals surface area contributed by atoms with E-state index in [0.29, 0.717) is 15.9 Å². The maximum Gasteiger partial charge on any atom is 0.291 e. The Morgan fingerprint density at radius 1 is 1.47 bits per heavy atom. The third-order valence-electron chi connectivity index (χ3n) is 3.40. The van der Waals surface area contributed by atoms with Crippen molar-refractivity contribution in [3.8, 4) is 5.88 Å². The average Bonchev–Trinajstić information content (AvgIpc) is 2.37. The van der Waals surface area contributed by atoms with Crippen LogP contribution in [0.25, 0.3) is 0 Å². The Kier molecular flexibility index (Phi) is 4.36. The minimum atomic E-state index is -0.448. The predicted molar refractivity (Wildman–Crippen MR) is 74.2 cm³/mol. The first-order valence-electron chi connectivity index (χ1n) is 6.20. The molecule has 0 aliphatic heterocycles. The van der Waals surface area contributed by atoms with Gasteiger partial charge in [0, 0.05) is 11.6 Å². The highest BCUT2D eigenvalue weighted by atomic mass is 79.9. The summed E-state index contributed by atoms with van der Waals surface area (Å²) in [6, 6.07) is 0.259. The Hall–Kier alpha value is -1.21. The molecular weight excluding hydrogens is 314 g/mol. The highest BCUT2D eigenvalue weighted by Gasteiger charge is 2.23. The van der Waals surface area contributed by atoms with Crippen molar-refractivity contribution < 1.29 is 9.66 Å². The number of pyridine rings is 1. The van der Waals surface area contributed by atoms with Gasteiger partial charge in [0.15, 0.2) is 0 Å². The third kappa shape index (κ3) is 3.22. The van der Waals surface area contributed by atoms with Crippen molar-refractivity contribution in [1.82, 2.24) is 4.98 Å². The molecule has 104 valence electrons. The van der Waals surface area contributed by atoms with E-state index in [1.165, 1.54) is 6.20 Å². The maximum absolute atomic E-state index is 10.8. The summed E-state index contributed by atoms with van der Waals surface area (Å²) >= 11 is 3.32. The van der Waals surface area contributed by atoms with Gasteiger partial charge in [0.25, 0.3) is 5.69 Å². The number of nitrogens with two attached hydrogens (primary N) is 1. The van der Waals surface area contributed by atoms with Crippen LogP contribution in [0, 0.1) is 17.0 Å². The quantitative estimate of drug-likeness (QED) is 0.680. The van der Waals surface area contributed by atoms with Crippen LogP contribution >= 0.6 is 15.9 Å². The number of nitrogens with zero attached hydrogens (tertiary/aromatic N) is 2. The fraction of sp³-hybridized carbons (Fsp3) is 0.583. The van der Waals surface area contributed by atoms with Crippen LogP contribution < -0.4 is 10.5 Å². The van der Waals surface area contributed by atoms with Crippen LogP contribution in [0.4, 0.5) is 5.69 Å². The first kappa shape index (κ1) is 14.2. The van der Waals surface area contributed by atoms with E-state index in [1.54, 1.807) is 6.92 Å². The van der Waals surface area contributed by atoms with Gasteiger partial charge < -0.3 is 10.5 Å². The summed E-state index contributed by atoms with van der Waals surface area (Å²) < 4.78 is 6.37. The highest BCUT2D eigenvalue weighted by molar-refractivity contribution is 9.10. The van der Waals surface area contributed by atoms with Crippen molar-refractivity contribution in [3.05, 3.63) is 26.3 Å². The normalized spacial score (nSPS) is 23.1. The molecule has 1 aromatic heterocycles. The van der Waals surface area contributed by atoms with Gasteiger partial charge in [0.2, 0.25) is 5.88 Å². The minimum absolute atomic E-state index is 0.00936. The van der Waals surface area contributed by atoms with E-state index >= 15 is 0 Å². The first-order valence-corrected chi connectivity index (χ1v) is 7.00. The van der Waals surface area contributed by atoms with Crippen LogP contribution in [0.5, 0.6) is 5.88 Å². The van der Waals surface area contributed by atoms with Crippen molar-refractivity contribution in [1.29, 1.82) is 0 Å². The lowest BCUT2D eigenvalue weighted by atomic mass is 9.94. The minimum Gasteiger partial charge on any atom is -0.474 e. The average molecular weight is 330 g/mol. The number of aromatic nitrogens is 1. The summed E-state index contributed by atoms with van der Waals surface area (Å²) in [5, 5.41) is 10.8. The van der Waals surface area contributed by atoms with Crippen LogP contribution in [-0.2, 0) is 0 Å². The molecule has 0 bridgehead atoms. The first-order chi connectivity index (χ1) is 8.99. The zero-order chi connectivity index (χ0) is 14.0. The molecular formula is C12H16BrN3O3. The van der Waals surface area contributed by atoms with Crippen molar-refractivity contribution >= 4 is 21.6 Å². The molecule has 0 aromatic carbocycles. The van der Waals surface area contributed by atoms with Gasteiger partial charge in [-0.05, 0) is 48.5 Å². The monoisotopic (exact) mass is 329 g/mol. The van der Waals surface area contributed by atoms with Gasteiger partial charge in [-0.25, -0.2) is 4.98 Å². The third-order valence-corrected chi connectivity index (χ3v) is 4.33. The SMILES string of the molecule is Cc1c([N+](=O)[O-])cnc(OC2CCC(N)CC2)c1Br. The van der Waals surface area contributed by atoms with E-state index in [2.05, 4.69) is 20.9 Å². The van der Waals surface area contributed by atoms with Crippen molar-refractivity contribution in [2.45, 2.75) is 44.8 Å². The second-order valence-corrected chi connectivity index (χ2v) is 5.59. The molecule has 1 aliphatic carbocycles. The zero-order valence-electron chi connectivity index (χ0n) is 10.6. The standard InChI is InChI=1S/C12H16BrN3O3/c1-7-10(16(17)18)6-15-12(11(7)13)19-9-4-2-8(14)3-5-9/h6,8-9H,2-5,14H2,1H3. The Balaban J connectivity index is 2.13. The molecule has 0 radical (unpaired) electrons. The summed E-state index contributed by atoms with van der Waals surface area (Å²) in [5.41, 5.74) is 6.36. The molecule has 0 amide bonds. The van der Waals surface area contributed by atoms with Crippen molar-refractivity contribution in [3.63, 3.8) is 0 Å². The van der Waals surface area contributed by atoms with Crippen molar-refractivity contribution in [2.75, 3.05) is 0 Å². The topological polar surface area (TPSA) is 91.3 Å². The van der Waals surface area contributed by atoms with Crippen LogP contribution in [0.1, 0.15) is 31.2 Å². The summed E-state index contributed by atoms with van der Waals surface area (Å²) in [5.74, 6) is 0.420. The summed E-state index contributed by atoms with van der Waals surface area (Å²) in [6.45, 7) is 1.67. The van der Waals surface area contributed by atoms with E-state index in [1.807, 2.05) is 0 Å². The molecule has 2 rings (SSSR count). The number of hydrogen-bond acceptors (Lipinski definition) is 5. The van der Waals surface area contributed by atoms with Crippen LogP contribution in [0.2, 0.25) is 0 Å². The molecule has 0 saturated heterocycles. The number of hydrogen-bond donors (Lipinski definition) is 1. The smallest absolute Gasteiger partial charge is 0.291 e. The fourth-order valence-electron chi connectivity index (χ4n) is 2.18. The highest BCUT2D eigenvalue weighted by Crippen LogP contribution is 2.33. The molecule has 1 aromatic rings. The maximum atomic E-state index is 10.8. The molecule has 0 unspecified atom stereocenters. The molecule has 19 heavy (non-hydrogen) atoms. The van der Waals surface area contributed by atoms with Gasteiger partial charge in [-0.15, -0.1) is 0 Å². The predicted octanol–water partition coefficient (Wildman–Crippen LogP) is 2.71. The molecule has 1 saturated carbocycles. The lowest BCUT2D eigenvalue weighted by Crippen LogP contribution is -2.31. The van der Waals surface area contributed by atoms with Gasteiger partial charge in [0.1, 0.15) is 12.3 Å². The fourth-order valence-corrected chi connectivity index (χ4v) is 2.58. The Morgan fingerprint density at radius 3 is 2.68 bits per heavy atom. The zero-order valence-corrected chi connectivity index (χ0v) is 12.2. The molecule has 6 nitrogen and oxygen atoms in total. The van der Waals surface area contributed by atoms with Gasteiger partial charge >= 0.3 is 0 Å². The van der Waals surface area contributed by atoms with Crippen molar-refractivity contribution in [2.24, 2.45) is 5.73 Å². The molecule has 1 aliphatic rings. The number of rotatable bonds is 3. The van der Waals surface area contributed by atoms with E-state index in [9.17, 15) is 10.1 Å². The van der Waals surface area contributed by atoms with Gasteiger partial charge in [-0.2, -0.15) is 0 Å². The van der Waals surface area contributed by atoms with E-state index < -0.39 is 4.92 Å². The van der Waals surface area contributed by atoms with E-state index in [4.69, 9.17) is 10.5 Å². The molecule has 7 heteroatoms. The largest absolute Gasteiger partial charge is 0.474 e. The van der Waals surface area contributed by atoms with Gasteiger partial charge in [-0.1, -0.05) is 0 Å². The lowest BCUT2D eigenvalue weighted by Gasteiger charge is -2.26. The van der Waals surface area contributed by atoms with Crippen LogP contribution in [0.3, 0.4) is 0 Å². The second-order valence-electron chi connectivity index (χ2n) is 4.80. The summed E-state index contributed by atoms with van der Waals surface area (Å²) in [4.78, 5) is 14.4. The number of ether oxygens (including phenoxy) is 1. The van der Waals surface area contributed by atoms with Crippen LogP contribution in [-0.4, -0.2) is 22.1 Å². The molecule has 2 N–H and O–H groups in total. The number of nitro groups is 1. The van der Waals surface area contributed by atoms with Crippen LogP contribution in [0.15, 0.2) is 10.7 Å². The lowest BCUT2D eigenvalue weighted by molar-refractivity contribution is -0.385. The van der Waals surface area contributed by atoms with Gasteiger partial charge in [-0.3, -0.25) is 10.1 Å². The van der Waals surface area contributed by atoms with E-state index in [0.717, 1.165) is 25.7 Å². The van der Waals surface area contributed by atoms with E-state index in [-0.39, 0.29) is 17.8 Å². The summed E-state index contributed by atoms with van der Waals surface area (Å²) in [6.07, 6.45) is 4.99. The molecule has 1 fully saturated rings. The van der Waals surface area contributed by atoms with Gasteiger partial charge in [0.05, 0.1) is 9.40 Å². The summed E-state index contributed by atoms with van der Waals surface area (Å²) in [7, 11) is 0. The Morgan fingerprint density at radius 2 is 2.11 bits per heavy atom. The molecule has 0 spiro atoms. The molecule has 1 heterocycles. The molecule has 0 atom stereocenters. The Labute approximate surface area is 119 Å². The second kappa shape index (κ2) is 5.83. The Bertz CT molecular complexity index is 487. The number of halogens is 1.